The van der Waals surface area contributed by atoms with Crippen molar-refractivity contribution in [3.05, 3.63) is 69.8 Å². The van der Waals surface area contributed by atoms with Gasteiger partial charge in [0, 0.05) is 16.1 Å². The maximum Gasteiger partial charge on any atom is 0.326 e. The first-order valence-electron chi connectivity index (χ1n) is 9.78. The first-order chi connectivity index (χ1) is 15.2. The fraction of sp³-hybridized carbons (Fsp3) is 0.217. The molecular formula is C23H20Cl2N4O3. The molecular weight excluding hydrogens is 451 g/mol. The molecule has 32 heavy (non-hydrogen) atoms. The summed E-state index contributed by atoms with van der Waals surface area (Å²) in [5, 5.41) is 26.9. The van der Waals surface area contributed by atoms with E-state index < -0.39 is 17.9 Å². The average Bonchev–Trinajstić information content (AvgIpc) is 3.11. The van der Waals surface area contributed by atoms with E-state index in [9.17, 15) is 20.0 Å². The summed E-state index contributed by atoms with van der Waals surface area (Å²) in [6.07, 6.45) is -0.120. The van der Waals surface area contributed by atoms with Gasteiger partial charge in [0.25, 0.3) is 5.91 Å². The highest BCUT2D eigenvalue weighted by molar-refractivity contribution is 6.32. The largest absolute Gasteiger partial charge is 0.480 e. The number of nitriles is 1. The number of carboxylic acid groups (broad SMARTS) is 1. The first-order valence-corrected chi connectivity index (χ1v) is 10.5. The summed E-state index contributed by atoms with van der Waals surface area (Å²) in [5.41, 5.74) is 2.00. The molecule has 0 fully saturated rings. The number of hydrogen-bond acceptors (Lipinski definition) is 4. The van der Waals surface area contributed by atoms with Gasteiger partial charge in [0.15, 0.2) is 5.69 Å². The van der Waals surface area contributed by atoms with E-state index >= 15 is 0 Å². The first kappa shape index (κ1) is 23.3. The number of aliphatic carboxylic acids is 1. The summed E-state index contributed by atoms with van der Waals surface area (Å²) in [7, 11) is 0. The Morgan fingerprint density at radius 2 is 1.81 bits per heavy atom. The summed E-state index contributed by atoms with van der Waals surface area (Å²) >= 11 is 12.4. The van der Waals surface area contributed by atoms with Crippen LogP contribution in [-0.4, -0.2) is 32.8 Å². The third-order valence-electron chi connectivity index (χ3n) is 4.87. The van der Waals surface area contributed by atoms with Crippen LogP contribution in [-0.2, 0) is 11.2 Å². The number of carbonyl (C=O) groups excluding carboxylic acids is 1. The highest BCUT2D eigenvalue weighted by atomic mass is 35.5. The van der Waals surface area contributed by atoms with Crippen LogP contribution in [0.25, 0.3) is 16.9 Å². The van der Waals surface area contributed by atoms with E-state index in [4.69, 9.17) is 23.2 Å². The number of aromatic nitrogens is 2. The summed E-state index contributed by atoms with van der Waals surface area (Å²) in [5.74, 6) is -2.19. The highest BCUT2D eigenvalue weighted by Gasteiger charge is 2.29. The molecule has 2 N–H and O–H groups in total. The maximum absolute atomic E-state index is 13.1. The zero-order chi connectivity index (χ0) is 23.4. The van der Waals surface area contributed by atoms with Crippen LogP contribution in [0.2, 0.25) is 10.0 Å². The van der Waals surface area contributed by atoms with E-state index in [1.54, 1.807) is 62.4 Å². The molecule has 2 aromatic carbocycles. The van der Waals surface area contributed by atoms with E-state index in [1.165, 1.54) is 4.68 Å². The second-order valence-electron chi connectivity index (χ2n) is 7.41. The third kappa shape index (κ3) is 4.77. The zero-order valence-corrected chi connectivity index (χ0v) is 18.9. The van der Waals surface area contributed by atoms with Gasteiger partial charge < -0.3 is 10.4 Å². The Hall–Kier alpha value is -3.34. The van der Waals surface area contributed by atoms with Crippen LogP contribution >= 0.6 is 23.2 Å². The lowest BCUT2D eigenvalue weighted by Crippen LogP contribution is -2.44. The van der Waals surface area contributed by atoms with Gasteiger partial charge in [0.05, 0.1) is 28.9 Å². The number of amides is 1. The predicted molar refractivity (Wildman–Crippen MR) is 122 cm³/mol. The van der Waals surface area contributed by atoms with Crippen molar-refractivity contribution in [2.24, 2.45) is 5.92 Å². The lowest BCUT2D eigenvalue weighted by molar-refractivity contribution is -0.140. The van der Waals surface area contributed by atoms with Crippen LogP contribution < -0.4 is 5.32 Å². The molecule has 164 valence electrons. The number of carboxylic acids is 1. The zero-order valence-electron chi connectivity index (χ0n) is 17.3. The van der Waals surface area contributed by atoms with E-state index in [1.807, 2.05) is 0 Å². The van der Waals surface area contributed by atoms with Gasteiger partial charge in [-0.1, -0.05) is 61.3 Å². The molecule has 1 amide bonds. The number of hydrogen-bond donors (Lipinski definition) is 2. The van der Waals surface area contributed by atoms with Crippen molar-refractivity contribution in [1.82, 2.24) is 15.1 Å². The minimum atomic E-state index is -1.15. The Morgan fingerprint density at radius 3 is 2.38 bits per heavy atom. The summed E-state index contributed by atoms with van der Waals surface area (Å²) < 4.78 is 1.50. The number of nitrogens with zero attached hydrogens (tertiary/aromatic N) is 3. The minimum absolute atomic E-state index is 0.0386. The topological polar surface area (TPSA) is 108 Å². The van der Waals surface area contributed by atoms with Gasteiger partial charge in [0.2, 0.25) is 0 Å². The van der Waals surface area contributed by atoms with Gasteiger partial charge in [-0.05, 0) is 30.2 Å². The molecule has 0 radical (unpaired) electrons. The van der Waals surface area contributed by atoms with Crippen molar-refractivity contribution in [3.63, 3.8) is 0 Å². The summed E-state index contributed by atoms with van der Waals surface area (Å²) in [4.78, 5) is 24.7. The van der Waals surface area contributed by atoms with Gasteiger partial charge in [-0.2, -0.15) is 10.4 Å². The van der Waals surface area contributed by atoms with Crippen LogP contribution in [0.15, 0.2) is 48.5 Å². The molecule has 3 aromatic rings. The summed E-state index contributed by atoms with van der Waals surface area (Å²) in [6.45, 7) is 3.38. The van der Waals surface area contributed by atoms with E-state index in [0.29, 0.717) is 32.6 Å². The SMILES string of the molecule is CC(C)C(NC(=O)c1nn(-c2ccccc2Cl)c(-c2ccc(Cl)cc2)c1CC#N)C(=O)O. The van der Waals surface area contributed by atoms with E-state index in [2.05, 4.69) is 16.5 Å². The van der Waals surface area contributed by atoms with Crippen LogP contribution in [0, 0.1) is 17.2 Å². The quantitative estimate of drug-likeness (QED) is 0.517. The van der Waals surface area contributed by atoms with Crippen LogP contribution in [0.3, 0.4) is 0 Å². The Balaban J connectivity index is 2.24. The Labute approximate surface area is 195 Å². The van der Waals surface area contributed by atoms with Gasteiger partial charge in [-0.15, -0.1) is 0 Å². The van der Waals surface area contributed by atoms with Gasteiger partial charge in [-0.3, -0.25) is 4.79 Å². The standard InChI is InChI=1S/C23H20Cl2N4O3/c1-13(2)19(23(31)32)27-22(30)20-16(11-12-26)21(14-7-9-15(24)10-8-14)29(28-20)18-6-4-3-5-17(18)25/h3-10,13,19H,11H2,1-2H3,(H,27,30)(H,31,32). The number of carbonyl (C=O) groups is 2. The number of halogens is 2. The molecule has 9 heteroatoms. The Bertz CT molecular complexity index is 1200. The monoisotopic (exact) mass is 470 g/mol. The van der Waals surface area contributed by atoms with Crippen molar-refractivity contribution in [1.29, 1.82) is 5.26 Å². The molecule has 1 atom stereocenters. The Kier molecular flexibility index (Phi) is 7.18. The third-order valence-corrected chi connectivity index (χ3v) is 5.44. The Morgan fingerprint density at radius 1 is 1.16 bits per heavy atom. The van der Waals surface area contributed by atoms with Gasteiger partial charge in [0.1, 0.15) is 6.04 Å². The van der Waals surface area contributed by atoms with E-state index in [-0.39, 0.29) is 18.0 Å². The number of rotatable bonds is 7. The molecule has 0 saturated heterocycles. The molecule has 3 rings (SSSR count). The second kappa shape index (κ2) is 9.86. The molecule has 0 bridgehead atoms. The predicted octanol–water partition coefficient (Wildman–Crippen LogP) is 4.75. The fourth-order valence-electron chi connectivity index (χ4n) is 3.30. The lowest BCUT2D eigenvalue weighted by Gasteiger charge is -2.17. The van der Waals surface area contributed by atoms with Crippen LogP contribution in [0.1, 0.15) is 29.9 Å². The molecule has 0 spiro atoms. The lowest BCUT2D eigenvalue weighted by atomic mass is 10.0. The van der Waals surface area contributed by atoms with Crippen molar-refractivity contribution < 1.29 is 14.7 Å². The van der Waals surface area contributed by atoms with Crippen molar-refractivity contribution in [3.8, 4) is 23.0 Å². The molecule has 0 saturated carbocycles. The van der Waals surface area contributed by atoms with Crippen molar-refractivity contribution in [2.45, 2.75) is 26.3 Å². The molecule has 7 nitrogen and oxygen atoms in total. The van der Waals surface area contributed by atoms with Gasteiger partial charge in [-0.25, -0.2) is 9.48 Å². The molecule has 0 aliphatic carbocycles. The fourth-order valence-corrected chi connectivity index (χ4v) is 3.65. The molecule has 1 aromatic heterocycles. The molecule has 1 unspecified atom stereocenters. The smallest absolute Gasteiger partial charge is 0.326 e. The normalized spacial score (nSPS) is 11.8. The minimum Gasteiger partial charge on any atom is -0.480 e. The number of para-hydroxylation sites is 1. The second-order valence-corrected chi connectivity index (χ2v) is 8.26. The van der Waals surface area contributed by atoms with Crippen molar-refractivity contribution in [2.75, 3.05) is 0 Å². The molecule has 0 aliphatic heterocycles. The van der Waals surface area contributed by atoms with E-state index in [0.717, 1.165) is 0 Å². The highest BCUT2D eigenvalue weighted by Crippen LogP contribution is 2.33. The van der Waals surface area contributed by atoms with Crippen LogP contribution in [0.4, 0.5) is 0 Å². The summed E-state index contributed by atoms with van der Waals surface area (Å²) in [6, 6.07) is 14.8. The number of benzene rings is 2. The van der Waals surface area contributed by atoms with Gasteiger partial charge >= 0.3 is 5.97 Å². The molecule has 1 heterocycles. The average molecular weight is 471 g/mol. The van der Waals surface area contributed by atoms with Crippen LogP contribution in [0.5, 0.6) is 0 Å². The number of nitrogens with one attached hydrogen (secondary N) is 1. The molecule has 0 aliphatic rings. The van der Waals surface area contributed by atoms with Crippen molar-refractivity contribution >= 4 is 35.1 Å². The maximum atomic E-state index is 13.1.